The second kappa shape index (κ2) is 9.60. The second-order valence-corrected chi connectivity index (χ2v) is 7.79. The third-order valence-corrected chi connectivity index (χ3v) is 5.25. The third kappa shape index (κ3) is 5.99. The summed E-state index contributed by atoms with van der Waals surface area (Å²) in [6.45, 7) is 4.02. The molecule has 1 heterocycles. The van der Waals surface area contributed by atoms with E-state index >= 15 is 0 Å². The van der Waals surface area contributed by atoms with Crippen molar-refractivity contribution < 1.29 is 9.59 Å². The minimum Gasteiger partial charge on any atom is -0.342 e. The van der Waals surface area contributed by atoms with Gasteiger partial charge in [0.25, 0.3) is 0 Å². The standard InChI is InChI=1S/C22H26ClN3O2/c1-16-4-10-20(11-5-16)25-22(28)24-14-18-3-2-12-26(15-18)21(27)13-17-6-8-19(23)9-7-17/h4-11,18H,2-3,12-15H2,1H3,(H2,24,25,28). The van der Waals surface area contributed by atoms with Crippen molar-refractivity contribution in [3.05, 3.63) is 64.7 Å². The number of hydrogen-bond acceptors (Lipinski definition) is 2. The van der Waals surface area contributed by atoms with E-state index in [-0.39, 0.29) is 17.9 Å². The fourth-order valence-corrected chi connectivity index (χ4v) is 3.52. The van der Waals surface area contributed by atoms with Gasteiger partial charge in [0, 0.05) is 30.3 Å². The lowest BCUT2D eigenvalue weighted by molar-refractivity contribution is -0.132. The van der Waals surface area contributed by atoms with Crippen molar-refractivity contribution in [2.24, 2.45) is 5.92 Å². The maximum atomic E-state index is 12.6. The van der Waals surface area contributed by atoms with Crippen molar-refractivity contribution in [1.29, 1.82) is 0 Å². The van der Waals surface area contributed by atoms with E-state index in [2.05, 4.69) is 10.6 Å². The molecular formula is C22H26ClN3O2. The number of urea groups is 1. The molecule has 6 heteroatoms. The lowest BCUT2D eigenvalue weighted by atomic mass is 9.97. The van der Waals surface area contributed by atoms with Crippen LogP contribution in [0.3, 0.4) is 0 Å². The third-order valence-electron chi connectivity index (χ3n) is 5.00. The second-order valence-electron chi connectivity index (χ2n) is 7.35. The van der Waals surface area contributed by atoms with Gasteiger partial charge >= 0.3 is 6.03 Å². The highest BCUT2D eigenvalue weighted by Gasteiger charge is 2.24. The van der Waals surface area contributed by atoms with E-state index in [1.807, 2.05) is 48.2 Å². The van der Waals surface area contributed by atoms with Crippen LogP contribution in [-0.4, -0.2) is 36.5 Å². The van der Waals surface area contributed by atoms with E-state index in [9.17, 15) is 9.59 Å². The van der Waals surface area contributed by atoms with E-state index in [0.29, 0.717) is 24.5 Å². The molecule has 1 fully saturated rings. The fourth-order valence-electron chi connectivity index (χ4n) is 3.40. The summed E-state index contributed by atoms with van der Waals surface area (Å²) in [5.74, 6) is 0.391. The summed E-state index contributed by atoms with van der Waals surface area (Å²) in [5.41, 5.74) is 2.88. The Morgan fingerprint density at radius 1 is 1.11 bits per heavy atom. The Hall–Kier alpha value is -2.53. The molecule has 3 amide bonds. The Kier molecular flexibility index (Phi) is 6.93. The zero-order chi connectivity index (χ0) is 19.9. The van der Waals surface area contributed by atoms with E-state index in [1.165, 1.54) is 0 Å². The number of likely N-dealkylation sites (tertiary alicyclic amines) is 1. The molecule has 0 spiro atoms. The molecule has 1 atom stereocenters. The van der Waals surface area contributed by atoms with Gasteiger partial charge in [-0.05, 0) is 55.5 Å². The summed E-state index contributed by atoms with van der Waals surface area (Å²) >= 11 is 5.90. The first-order valence-corrected chi connectivity index (χ1v) is 10.0. The first-order valence-electron chi connectivity index (χ1n) is 9.63. The van der Waals surface area contributed by atoms with Crippen LogP contribution in [0.25, 0.3) is 0 Å². The van der Waals surface area contributed by atoms with Crippen LogP contribution < -0.4 is 10.6 Å². The molecule has 0 saturated carbocycles. The number of piperidine rings is 1. The molecule has 1 unspecified atom stereocenters. The lowest BCUT2D eigenvalue weighted by Gasteiger charge is -2.33. The topological polar surface area (TPSA) is 61.4 Å². The highest BCUT2D eigenvalue weighted by Crippen LogP contribution is 2.18. The van der Waals surface area contributed by atoms with Crippen LogP contribution in [0.2, 0.25) is 5.02 Å². The molecule has 1 saturated heterocycles. The summed E-state index contributed by atoms with van der Waals surface area (Å²) < 4.78 is 0. The lowest BCUT2D eigenvalue weighted by Crippen LogP contribution is -2.44. The van der Waals surface area contributed by atoms with Gasteiger partial charge < -0.3 is 15.5 Å². The predicted octanol–water partition coefficient (Wildman–Crippen LogP) is 4.25. The largest absolute Gasteiger partial charge is 0.342 e. The zero-order valence-electron chi connectivity index (χ0n) is 16.1. The van der Waals surface area contributed by atoms with Crippen molar-refractivity contribution in [2.75, 3.05) is 25.0 Å². The van der Waals surface area contributed by atoms with Crippen LogP contribution in [0.4, 0.5) is 10.5 Å². The molecule has 1 aliphatic rings. The summed E-state index contributed by atoms with van der Waals surface area (Å²) in [7, 11) is 0. The first kappa shape index (κ1) is 20.2. The van der Waals surface area contributed by atoms with Crippen LogP contribution in [0, 0.1) is 12.8 Å². The number of rotatable bonds is 5. The molecule has 2 aromatic carbocycles. The number of amides is 3. The summed E-state index contributed by atoms with van der Waals surface area (Å²) in [4.78, 5) is 26.6. The normalized spacial score (nSPS) is 16.5. The average Bonchev–Trinajstić information content (AvgIpc) is 2.70. The highest BCUT2D eigenvalue weighted by molar-refractivity contribution is 6.30. The molecule has 0 aromatic heterocycles. The van der Waals surface area contributed by atoms with Crippen molar-refractivity contribution in [3.8, 4) is 0 Å². The smallest absolute Gasteiger partial charge is 0.319 e. The van der Waals surface area contributed by atoms with Gasteiger partial charge in [0.1, 0.15) is 0 Å². The zero-order valence-corrected chi connectivity index (χ0v) is 16.8. The minimum absolute atomic E-state index is 0.121. The molecule has 0 radical (unpaired) electrons. The Morgan fingerprint density at radius 2 is 1.82 bits per heavy atom. The van der Waals surface area contributed by atoms with Gasteiger partial charge in [0.2, 0.25) is 5.91 Å². The van der Waals surface area contributed by atoms with Gasteiger partial charge in [-0.2, -0.15) is 0 Å². The number of nitrogens with zero attached hydrogens (tertiary/aromatic N) is 1. The highest BCUT2D eigenvalue weighted by atomic mass is 35.5. The van der Waals surface area contributed by atoms with E-state index in [0.717, 1.165) is 36.2 Å². The van der Waals surface area contributed by atoms with Crippen molar-refractivity contribution in [2.45, 2.75) is 26.2 Å². The maximum Gasteiger partial charge on any atom is 0.319 e. The molecule has 0 aliphatic carbocycles. The fraction of sp³-hybridized carbons (Fsp3) is 0.364. The van der Waals surface area contributed by atoms with Gasteiger partial charge in [0.15, 0.2) is 0 Å². The first-order chi connectivity index (χ1) is 13.5. The number of carbonyl (C=O) groups excluding carboxylic acids is 2. The molecule has 0 bridgehead atoms. The Morgan fingerprint density at radius 3 is 2.54 bits per heavy atom. The minimum atomic E-state index is -0.214. The number of nitrogens with one attached hydrogen (secondary N) is 2. The predicted molar refractivity (Wildman–Crippen MR) is 113 cm³/mol. The summed E-state index contributed by atoms with van der Waals surface area (Å²) in [6.07, 6.45) is 2.35. The Balaban J connectivity index is 1.45. The van der Waals surface area contributed by atoms with E-state index < -0.39 is 0 Å². The molecule has 2 N–H and O–H groups in total. The van der Waals surface area contributed by atoms with Crippen molar-refractivity contribution in [3.63, 3.8) is 0 Å². The summed E-state index contributed by atoms with van der Waals surface area (Å²) in [6, 6.07) is 14.9. The number of benzene rings is 2. The van der Waals surface area contributed by atoms with Gasteiger partial charge in [-0.3, -0.25) is 4.79 Å². The SMILES string of the molecule is Cc1ccc(NC(=O)NCC2CCCN(C(=O)Cc3ccc(Cl)cc3)C2)cc1. The van der Waals surface area contributed by atoms with Gasteiger partial charge in [0.05, 0.1) is 6.42 Å². The average molecular weight is 400 g/mol. The molecular weight excluding hydrogens is 374 g/mol. The van der Waals surface area contributed by atoms with Crippen LogP contribution in [0.5, 0.6) is 0 Å². The van der Waals surface area contributed by atoms with Crippen LogP contribution >= 0.6 is 11.6 Å². The van der Waals surface area contributed by atoms with E-state index in [4.69, 9.17) is 11.6 Å². The van der Waals surface area contributed by atoms with Crippen LogP contribution in [-0.2, 0) is 11.2 Å². The van der Waals surface area contributed by atoms with Gasteiger partial charge in [-0.1, -0.05) is 41.4 Å². The van der Waals surface area contributed by atoms with Crippen LogP contribution in [0.15, 0.2) is 48.5 Å². The number of anilines is 1. The van der Waals surface area contributed by atoms with E-state index in [1.54, 1.807) is 12.1 Å². The molecule has 3 rings (SSSR count). The molecule has 5 nitrogen and oxygen atoms in total. The van der Waals surface area contributed by atoms with Crippen molar-refractivity contribution >= 4 is 29.2 Å². The number of aryl methyl sites for hydroxylation is 1. The van der Waals surface area contributed by atoms with Gasteiger partial charge in [-0.15, -0.1) is 0 Å². The monoisotopic (exact) mass is 399 g/mol. The maximum absolute atomic E-state index is 12.6. The molecule has 2 aromatic rings. The number of halogens is 1. The molecule has 148 valence electrons. The number of carbonyl (C=O) groups is 2. The van der Waals surface area contributed by atoms with Gasteiger partial charge in [-0.25, -0.2) is 4.79 Å². The molecule has 1 aliphatic heterocycles. The number of hydrogen-bond donors (Lipinski definition) is 2. The Labute approximate surface area is 171 Å². The van der Waals surface area contributed by atoms with Crippen molar-refractivity contribution in [1.82, 2.24) is 10.2 Å². The summed E-state index contributed by atoms with van der Waals surface area (Å²) in [5, 5.41) is 6.44. The van der Waals surface area contributed by atoms with Crippen LogP contribution in [0.1, 0.15) is 24.0 Å². The quantitative estimate of drug-likeness (QED) is 0.789. The molecule has 28 heavy (non-hydrogen) atoms. The Bertz CT molecular complexity index is 806.